The summed E-state index contributed by atoms with van der Waals surface area (Å²) in [6.45, 7) is 0. The third-order valence-electron chi connectivity index (χ3n) is 0.506. The molecule has 0 N–H and O–H groups in total. The summed E-state index contributed by atoms with van der Waals surface area (Å²) in [6, 6.07) is 0. The van der Waals surface area contributed by atoms with E-state index in [4.69, 9.17) is 0 Å². The average molecular weight is 219 g/mol. The Bertz CT molecular complexity index is 132. The minimum absolute atomic E-state index is 2.29. The Balaban J connectivity index is 4.13. The van der Waals surface area contributed by atoms with Gasteiger partial charge in [0.15, 0.2) is 4.84 Å². The standard InChI is InChI=1S/C3HCl2F5O/c4-1(5)2(6,7)11-3(8,9)10/h1H. The number of alkyl halides is 7. The molecule has 11 heavy (non-hydrogen) atoms. The van der Waals surface area contributed by atoms with Crippen LogP contribution in [0.15, 0.2) is 0 Å². The van der Waals surface area contributed by atoms with E-state index in [1.54, 1.807) is 0 Å². The molecule has 0 unspecified atom stereocenters. The molecule has 0 spiro atoms. The molecule has 0 rings (SSSR count). The third-order valence-corrected chi connectivity index (χ3v) is 1.01. The lowest BCUT2D eigenvalue weighted by molar-refractivity contribution is -0.420. The van der Waals surface area contributed by atoms with Crippen LogP contribution in [0.3, 0.4) is 0 Å². The minimum atomic E-state index is -5.45. The molecule has 0 saturated heterocycles. The molecule has 0 radical (unpaired) electrons. The van der Waals surface area contributed by atoms with Crippen molar-refractivity contribution < 1.29 is 26.7 Å². The van der Waals surface area contributed by atoms with Crippen molar-refractivity contribution in [2.45, 2.75) is 17.3 Å². The predicted molar refractivity (Wildman–Crippen MR) is 27.6 cm³/mol. The Morgan fingerprint density at radius 3 is 1.45 bits per heavy atom. The zero-order chi connectivity index (χ0) is 9.28. The third kappa shape index (κ3) is 4.60. The molecule has 0 aromatic carbocycles. The second-order valence-electron chi connectivity index (χ2n) is 1.41. The van der Waals surface area contributed by atoms with Gasteiger partial charge in [0.05, 0.1) is 0 Å². The van der Waals surface area contributed by atoms with Gasteiger partial charge in [-0.1, -0.05) is 23.2 Å². The van der Waals surface area contributed by atoms with Gasteiger partial charge in [-0.3, -0.25) is 0 Å². The maximum atomic E-state index is 11.8. The van der Waals surface area contributed by atoms with E-state index < -0.39 is 17.3 Å². The molecule has 0 saturated carbocycles. The van der Waals surface area contributed by atoms with Crippen LogP contribution >= 0.6 is 23.2 Å². The molecule has 0 aliphatic rings. The van der Waals surface area contributed by atoms with Crippen LogP contribution in [0, 0.1) is 0 Å². The molecule has 1 nitrogen and oxygen atoms in total. The topological polar surface area (TPSA) is 9.23 Å². The molecule has 8 heteroatoms. The van der Waals surface area contributed by atoms with Gasteiger partial charge in [-0.05, 0) is 0 Å². The number of hydrogen-bond acceptors (Lipinski definition) is 1. The first-order valence-electron chi connectivity index (χ1n) is 2.08. The largest absolute Gasteiger partial charge is 0.527 e. The summed E-state index contributed by atoms with van der Waals surface area (Å²) in [5, 5.41) is 0. The van der Waals surface area contributed by atoms with Crippen molar-refractivity contribution in [3.05, 3.63) is 0 Å². The van der Waals surface area contributed by atoms with Gasteiger partial charge in [0.2, 0.25) is 0 Å². The lowest BCUT2D eigenvalue weighted by Gasteiger charge is -2.18. The average Bonchev–Trinajstić information content (AvgIpc) is 1.56. The van der Waals surface area contributed by atoms with Crippen molar-refractivity contribution >= 4 is 23.2 Å². The minimum Gasteiger partial charge on any atom is -0.224 e. The summed E-state index contributed by atoms with van der Waals surface area (Å²) in [4.78, 5) is -2.55. The Morgan fingerprint density at radius 1 is 1.00 bits per heavy atom. The van der Waals surface area contributed by atoms with Gasteiger partial charge in [0.25, 0.3) is 0 Å². The molecule has 0 aliphatic carbocycles. The van der Waals surface area contributed by atoms with E-state index in [0.717, 1.165) is 0 Å². The SMILES string of the molecule is FC(F)(F)OC(F)(F)C(Cl)Cl. The van der Waals surface area contributed by atoms with Crippen LogP contribution in [-0.2, 0) is 4.74 Å². The van der Waals surface area contributed by atoms with Crippen LogP contribution in [0.5, 0.6) is 0 Å². The lowest BCUT2D eigenvalue weighted by Crippen LogP contribution is -2.35. The van der Waals surface area contributed by atoms with Gasteiger partial charge in [-0.25, -0.2) is 4.74 Å². The molecule has 0 amide bonds. The molecule has 0 bridgehead atoms. The van der Waals surface area contributed by atoms with Gasteiger partial charge >= 0.3 is 12.5 Å². The van der Waals surface area contributed by atoms with Gasteiger partial charge in [-0.2, -0.15) is 8.78 Å². The Labute approximate surface area is 68.0 Å². The van der Waals surface area contributed by atoms with Crippen molar-refractivity contribution in [1.82, 2.24) is 0 Å². The molecule has 0 fully saturated rings. The zero-order valence-corrected chi connectivity index (χ0v) is 6.14. The lowest BCUT2D eigenvalue weighted by atomic mass is 10.7. The summed E-state index contributed by atoms with van der Waals surface area (Å²) < 4.78 is 59.2. The summed E-state index contributed by atoms with van der Waals surface area (Å²) in [5.74, 6) is 0. The first-order valence-corrected chi connectivity index (χ1v) is 2.95. The van der Waals surface area contributed by atoms with Crippen molar-refractivity contribution in [3.63, 3.8) is 0 Å². The van der Waals surface area contributed by atoms with Crippen LogP contribution in [0.2, 0.25) is 0 Å². The molecule has 0 aliphatic heterocycles. The molecule has 0 aromatic heterocycles. The van der Waals surface area contributed by atoms with Crippen LogP contribution < -0.4 is 0 Å². The fourth-order valence-corrected chi connectivity index (χ4v) is 0.288. The zero-order valence-electron chi connectivity index (χ0n) is 4.63. The summed E-state index contributed by atoms with van der Waals surface area (Å²) in [6.07, 6.45) is -10.1. The fraction of sp³-hybridized carbons (Fsp3) is 1.00. The molecular weight excluding hydrogens is 218 g/mol. The second-order valence-corrected chi connectivity index (χ2v) is 2.51. The number of ether oxygens (including phenoxy) is 1. The van der Waals surface area contributed by atoms with Crippen molar-refractivity contribution in [3.8, 4) is 0 Å². The van der Waals surface area contributed by atoms with E-state index in [9.17, 15) is 22.0 Å². The highest BCUT2D eigenvalue weighted by Gasteiger charge is 2.49. The van der Waals surface area contributed by atoms with Crippen molar-refractivity contribution in [2.75, 3.05) is 0 Å². The fourth-order valence-electron chi connectivity index (χ4n) is 0.199. The van der Waals surface area contributed by atoms with Gasteiger partial charge < -0.3 is 0 Å². The summed E-state index contributed by atoms with van der Waals surface area (Å²) in [7, 11) is 0. The smallest absolute Gasteiger partial charge is 0.224 e. The Hall–Kier alpha value is 0.190. The second kappa shape index (κ2) is 3.28. The van der Waals surface area contributed by atoms with E-state index in [-0.39, 0.29) is 0 Å². The van der Waals surface area contributed by atoms with E-state index in [1.807, 2.05) is 0 Å². The molecule has 0 heterocycles. The van der Waals surface area contributed by atoms with Gasteiger partial charge in [0.1, 0.15) is 0 Å². The van der Waals surface area contributed by atoms with Gasteiger partial charge in [0, 0.05) is 0 Å². The van der Waals surface area contributed by atoms with Crippen LogP contribution in [0.25, 0.3) is 0 Å². The monoisotopic (exact) mass is 218 g/mol. The summed E-state index contributed by atoms with van der Waals surface area (Å²) >= 11 is 8.93. The summed E-state index contributed by atoms with van der Waals surface area (Å²) in [5.41, 5.74) is 0. The highest BCUT2D eigenvalue weighted by molar-refractivity contribution is 6.44. The number of hydrogen-bond donors (Lipinski definition) is 0. The quantitative estimate of drug-likeness (QED) is 0.512. The Kier molecular flexibility index (Phi) is 3.34. The first-order chi connectivity index (χ1) is 4.65. The normalized spacial score (nSPS) is 14.2. The van der Waals surface area contributed by atoms with Gasteiger partial charge in [-0.15, -0.1) is 13.2 Å². The molecule has 68 valence electrons. The van der Waals surface area contributed by atoms with Crippen LogP contribution in [0.4, 0.5) is 22.0 Å². The Morgan fingerprint density at radius 2 is 1.36 bits per heavy atom. The van der Waals surface area contributed by atoms with Crippen LogP contribution in [0.1, 0.15) is 0 Å². The maximum absolute atomic E-state index is 11.8. The highest BCUT2D eigenvalue weighted by Crippen LogP contribution is 2.34. The number of rotatable bonds is 2. The molecule has 0 aromatic rings. The van der Waals surface area contributed by atoms with E-state index in [1.165, 1.54) is 0 Å². The maximum Gasteiger partial charge on any atom is 0.527 e. The predicted octanol–water partition coefficient (Wildman–Crippen LogP) is 2.92. The van der Waals surface area contributed by atoms with E-state index in [2.05, 4.69) is 27.9 Å². The highest BCUT2D eigenvalue weighted by atomic mass is 35.5. The number of halogens is 7. The van der Waals surface area contributed by atoms with Crippen molar-refractivity contribution in [2.24, 2.45) is 0 Å². The van der Waals surface area contributed by atoms with E-state index >= 15 is 0 Å². The first kappa shape index (κ1) is 11.2. The molecule has 0 atom stereocenters. The molecular formula is C3HCl2F5O. The van der Waals surface area contributed by atoms with Crippen LogP contribution in [-0.4, -0.2) is 17.3 Å². The van der Waals surface area contributed by atoms with Crippen molar-refractivity contribution in [1.29, 1.82) is 0 Å². The van der Waals surface area contributed by atoms with E-state index in [0.29, 0.717) is 0 Å².